The van der Waals surface area contributed by atoms with Crippen LogP contribution in [-0.2, 0) is 4.79 Å². The van der Waals surface area contributed by atoms with Crippen LogP contribution >= 0.6 is 0 Å². The van der Waals surface area contributed by atoms with Gasteiger partial charge in [-0.15, -0.1) is 0 Å². The molecule has 4 heteroatoms. The number of carbonyl (C=O) groups is 1. The minimum Gasteiger partial charge on any atom is -0.494 e. The number of carboxylic acids is 1. The molecular formula is C26H31NO3. The third-order valence-corrected chi connectivity index (χ3v) is 6.48. The van der Waals surface area contributed by atoms with Crippen LogP contribution in [-0.4, -0.2) is 17.7 Å². The lowest BCUT2D eigenvalue weighted by Crippen LogP contribution is -2.42. The molecule has 1 aliphatic rings. The van der Waals surface area contributed by atoms with Gasteiger partial charge in [0.15, 0.2) is 5.41 Å². The first-order valence-corrected chi connectivity index (χ1v) is 11.0. The lowest BCUT2D eigenvalue weighted by molar-refractivity contribution is -0.149. The fraction of sp³-hybridized carbons (Fsp3) is 0.462. The van der Waals surface area contributed by atoms with E-state index in [0.29, 0.717) is 6.42 Å². The van der Waals surface area contributed by atoms with E-state index in [-0.39, 0.29) is 11.8 Å². The van der Waals surface area contributed by atoms with E-state index in [1.165, 1.54) is 0 Å². The molecule has 3 unspecified atom stereocenters. The molecule has 1 fully saturated rings. The fourth-order valence-electron chi connectivity index (χ4n) is 4.74. The van der Waals surface area contributed by atoms with Gasteiger partial charge >= 0.3 is 5.97 Å². The number of unbranched alkanes of at least 4 members (excludes halogenated alkanes) is 1. The molecule has 0 radical (unpaired) electrons. The Bertz CT molecular complexity index is 882. The van der Waals surface area contributed by atoms with Crippen LogP contribution in [0.25, 0.3) is 11.1 Å². The minimum atomic E-state index is -1.34. The van der Waals surface area contributed by atoms with E-state index in [2.05, 4.69) is 19.9 Å². The summed E-state index contributed by atoms with van der Waals surface area (Å²) in [4.78, 5) is 12.1. The summed E-state index contributed by atoms with van der Waals surface area (Å²) in [6.45, 7) is 4.96. The molecule has 2 aromatic rings. The average molecular weight is 406 g/mol. The second-order valence-electron chi connectivity index (χ2n) is 8.27. The fourth-order valence-corrected chi connectivity index (χ4v) is 4.74. The maximum Gasteiger partial charge on any atom is 0.324 e. The molecule has 0 saturated heterocycles. The summed E-state index contributed by atoms with van der Waals surface area (Å²) in [6.07, 6.45) is 5.21. The number of hydrogen-bond acceptors (Lipinski definition) is 3. The van der Waals surface area contributed by atoms with Gasteiger partial charge in [0, 0.05) is 5.92 Å². The monoisotopic (exact) mass is 405 g/mol. The van der Waals surface area contributed by atoms with Crippen LogP contribution < -0.4 is 4.74 Å². The lowest BCUT2D eigenvalue weighted by atomic mass is 9.59. The predicted molar refractivity (Wildman–Crippen MR) is 118 cm³/mol. The average Bonchev–Trinajstić information content (AvgIpc) is 2.79. The van der Waals surface area contributed by atoms with E-state index in [9.17, 15) is 15.2 Å². The van der Waals surface area contributed by atoms with Gasteiger partial charge in [0.2, 0.25) is 0 Å². The molecule has 1 saturated carbocycles. The number of ether oxygens (including phenoxy) is 1. The maximum atomic E-state index is 12.1. The molecule has 0 amide bonds. The van der Waals surface area contributed by atoms with Gasteiger partial charge in [0.25, 0.3) is 0 Å². The maximum absolute atomic E-state index is 12.1. The Morgan fingerprint density at radius 3 is 2.30 bits per heavy atom. The normalized spacial score (nSPS) is 23.5. The van der Waals surface area contributed by atoms with E-state index in [1.807, 2.05) is 48.5 Å². The van der Waals surface area contributed by atoms with Crippen molar-refractivity contribution < 1.29 is 14.6 Å². The van der Waals surface area contributed by atoms with Gasteiger partial charge in [-0.3, -0.25) is 4.79 Å². The largest absolute Gasteiger partial charge is 0.494 e. The summed E-state index contributed by atoms with van der Waals surface area (Å²) in [5.74, 6) is -0.185. The van der Waals surface area contributed by atoms with Crippen LogP contribution in [0.3, 0.4) is 0 Å². The van der Waals surface area contributed by atoms with Crippen LogP contribution in [0.15, 0.2) is 48.5 Å². The third-order valence-electron chi connectivity index (χ3n) is 6.48. The number of nitrogens with zero attached hydrogens (tertiary/aromatic N) is 1. The van der Waals surface area contributed by atoms with Crippen molar-refractivity contribution in [2.24, 2.45) is 11.3 Å². The third kappa shape index (κ3) is 4.36. The molecule has 1 N–H and O–H groups in total. The Hall–Kier alpha value is -2.80. The highest BCUT2D eigenvalue weighted by molar-refractivity contribution is 5.80. The molecule has 3 atom stereocenters. The highest BCUT2D eigenvalue weighted by Crippen LogP contribution is 2.51. The first kappa shape index (κ1) is 21.9. The lowest BCUT2D eigenvalue weighted by Gasteiger charge is -2.41. The van der Waals surface area contributed by atoms with Crippen molar-refractivity contribution in [3.63, 3.8) is 0 Å². The van der Waals surface area contributed by atoms with Crippen molar-refractivity contribution in [1.82, 2.24) is 0 Å². The zero-order chi connectivity index (χ0) is 21.6. The number of aliphatic carboxylic acids is 1. The van der Waals surface area contributed by atoms with Gasteiger partial charge in [0.1, 0.15) is 5.75 Å². The van der Waals surface area contributed by atoms with E-state index >= 15 is 0 Å². The molecule has 1 aliphatic carbocycles. The molecule has 0 aromatic heterocycles. The van der Waals surface area contributed by atoms with Crippen molar-refractivity contribution in [2.45, 2.75) is 58.3 Å². The van der Waals surface area contributed by atoms with Gasteiger partial charge in [-0.1, -0.05) is 69.5 Å². The van der Waals surface area contributed by atoms with Crippen LogP contribution in [0, 0.1) is 22.7 Å². The molecule has 0 aliphatic heterocycles. The SMILES string of the molecule is CCCCOc1ccc(-c2ccc(C3C(CC)CCCC3(C#N)C(=O)O)cc2)cc1. The molecule has 30 heavy (non-hydrogen) atoms. The summed E-state index contributed by atoms with van der Waals surface area (Å²) in [6, 6.07) is 18.3. The quantitative estimate of drug-likeness (QED) is 0.514. The van der Waals surface area contributed by atoms with Gasteiger partial charge in [0.05, 0.1) is 12.7 Å². The molecular weight excluding hydrogens is 374 g/mol. The van der Waals surface area contributed by atoms with Gasteiger partial charge in [-0.2, -0.15) is 5.26 Å². The van der Waals surface area contributed by atoms with Crippen molar-refractivity contribution in [2.75, 3.05) is 6.61 Å². The number of rotatable bonds is 8. The number of benzene rings is 2. The Morgan fingerprint density at radius 2 is 1.77 bits per heavy atom. The van der Waals surface area contributed by atoms with Crippen LogP contribution in [0.4, 0.5) is 0 Å². The zero-order valence-electron chi connectivity index (χ0n) is 17.9. The van der Waals surface area contributed by atoms with E-state index in [1.54, 1.807) is 0 Å². The zero-order valence-corrected chi connectivity index (χ0v) is 17.9. The van der Waals surface area contributed by atoms with Gasteiger partial charge in [-0.25, -0.2) is 0 Å². The van der Waals surface area contributed by atoms with Crippen molar-refractivity contribution in [3.05, 3.63) is 54.1 Å². The Balaban J connectivity index is 1.84. The molecule has 158 valence electrons. The van der Waals surface area contributed by atoms with Gasteiger partial charge < -0.3 is 9.84 Å². The summed E-state index contributed by atoms with van der Waals surface area (Å²) in [5, 5.41) is 19.8. The van der Waals surface area contributed by atoms with Crippen molar-refractivity contribution >= 4 is 5.97 Å². The first-order valence-electron chi connectivity index (χ1n) is 11.0. The molecule has 0 bridgehead atoms. The Kier molecular flexibility index (Phi) is 7.15. The summed E-state index contributed by atoms with van der Waals surface area (Å²) >= 11 is 0. The second-order valence-corrected chi connectivity index (χ2v) is 8.27. The highest BCUT2D eigenvalue weighted by Gasteiger charge is 2.52. The summed E-state index contributed by atoms with van der Waals surface area (Å²) < 4.78 is 5.73. The second kappa shape index (κ2) is 9.80. The molecule has 0 spiro atoms. The van der Waals surface area contributed by atoms with Gasteiger partial charge in [-0.05, 0) is 54.0 Å². The number of nitriles is 1. The molecule has 0 heterocycles. The van der Waals surface area contributed by atoms with E-state index < -0.39 is 11.4 Å². The molecule has 2 aromatic carbocycles. The Morgan fingerprint density at radius 1 is 1.13 bits per heavy atom. The highest BCUT2D eigenvalue weighted by atomic mass is 16.5. The van der Waals surface area contributed by atoms with E-state index in [0.717, 1.165) is 61.2 Å². The smallest absolute Gasteiger partial charge is 0.324 e. The van der Waals surface area contributed by atoms with Crippen molar-refractivity contribution in [3.8, 4) is 22.9 Å². The van der Waals surface area contributed by atoms with Crippen molar-refractivity contribution in [1.29, 1.82) is 5.26 Å². The van der Waals surface area contributed by atoms with Crippen LogP contribution in [0.1, 0.15) is 63.9 Å². The standard InChI is InChI=1S/C26H31NO3/c1-3-5-17-30-23-14-12-21(13-15-23)20-8-10-22(11-9-20)24-19(4-2)7-6-16-26(24,18-27)25(28)29/h8-15,19,24H,3-7,16-17H2,1-2H3,(H,28,29). The topological polar surface area (TPSA) is 70.3 Å². The first-order chi connectivity index (χ1) is 14.6. The predicted octanol–water partition coefficient (Wildman–Crippen LogP) is 6.42. The molecule has 4 nitrogen and oxygen atoms in total. The van der Waals surface area contributed by atoms with Crippen LogP contribution in [0.5, 0.6) is 5.75 Å². The Labute approximate surface area is 179 Å². The molecule has 3 rings (SSSR count). The van der Waals surface area contributed by atoms with Crippen LogP contribution in [0.2, 0.25) is 0 Å². The summed E-state index contributed by atoms with van der Waals surface area (Å²) in [5.41, 5.74) is 1.77. The number of carboxylic acid groups (broad SMARTS) is 1. The minimum absolute atomic E-state index is 0.208. The van der Waals surface area contributed by atoms with E-state index in [4.69, 9.17) is 4.74 Å². The number of hydrogen-bond donors (Lipinski definition) is 1. The summed E-state index contributed by atoms with van der Waals surface area (Å²) in [7, 11) is 0.